The number of hydrogen-bond donors (Lipinski definition) is 1. The van der Waals surface area contributed by atoms with Crippen LogP contribution in [-0.4, -0.2) is 11.9 Å². The van der Waals surface area contributed by atoms with Gasteiger partial charge >= 0.3 is 6.03 Å². The summed E-state index contributed by atoms with van der Waals surface area (Å²) in [5.74, 6) is 0.337. The average molecular weight is 334 g/mol. The zero-order valence-corrected chi connectivity index (χ0v) is 14.0. The molecular formula is C20H18N2O3. The van der Waals surface area contributed by atoms with Crippen molar-refractivity contribution in [3.63, 3.8) is 0 Å². The van der Waals surface area contributed by atoms with E-state index in [1.807, 2.05) is 37.3 Å². The van der Waals surface area contributed by atoms with Crippen molar-refractivity contribution in [2.24, 2.45) is 0 Å². The number of aryl methyl sites for hydroxylation is 1. The molecule has 3 rings (SSSR count). The number of benzene rings is 2. The number of hydrogen-bond acceptors (Lipinski definition) is 3. The molecule has 2 aromatic carbocycles. The van der Waals surface area contributed by atoms with Crippen molar-refractivity contribution in [2.75, 3.05) is 10.2 Å². The molecule has 0 aliphatic rings. The maximum absolute atomic E-state index is 12.5. The molecule has 0 aliphatic heterocycles. The molecule has 0 unspecified atom stereocenters. The van der Waals surface area contributed by atoms with Gasteiger partial charge in [-0.05, 0) is 25.1 Å². The number of anilines is 2. The number of nitrogens with zero attached hydrogens (tertiary/aromatic N) is 1. The molecule has 0 bridgehead atoms. The van der Waals surface area contributed by atoms with Crippen LogP contribution in [0.2, 0.25) is 0 Å². The van der Waals surface area contributed by atoms with Crippen LogP contribution < -0.4 is 10.2 Å². The molecule has 0 spiro atoms. The van der Waals surface area contributed by atoms with Gasteiger partial charge < -0.3 is 9.73 Å². The van der Waals surface area contributed by atoms with E-state index in [1.165, 1.54) is 6.92 Å². The van der Waals surface area contributed by atoms with Crippen LogP contribution in [0.1, 0.15) is 12.5 Å². The molecule has 3 aromatic rings. The van der Waals surface area contributed by atoms with Crippen molar-refractivity contribution in [1.82, 2.24) is 0 Å². The summed E-state index contributed by atoms with van der Waals surface area (Å²) in [5.41, 5.74) is 2.62. The van der Waals surface area contributed by atoms with Crippen LogP contribution >= 0.6 is 0 Å². The molecule has 0 saturated carbocycles. The van der Waals surface area contributed by atoms with Crippen LogP contribution in [0.5, 0.6) is 0 Å². The fourth-order valence-corrected chi connectivity index (χ4v) is 2.42. The van der Waals surface area contributed by atoms with E-state index >= 15 is 0 Å². The highest BCUT2D eigenvalue weighted by atomic mass is 16.4. The third-order valence-electron chi connectivity index (χ3n) is 3.69. The topological polar surface area (TPSA) is 62.6 Å². The molecule has 0 aliphatic carbocycles. The third kappa shape index (κ3) is 3.77. The summed E-state index contributed by atoms with van der Waals surface area (Å²) in [6.45, 7) is 3.32. The van der Waals surface area contributed by atoms with E-state index in [0.717, 1.165) is 16.0 Å². The molecule has 0 radical (unpaired) electrons. The lowest BCUT2D eigenvalue weighted by Crippen LogP contribution is -2.38. The smallest absolute Gasteiger partial charge is 0.335 e. The molecular weight excluding hydrogens is 316 g/mol. The quantitative estimate of drug-likeness (QED) is 0.745. The first-order valence-corrected chi connectivity index (χ1v) is 7.88. The van der Waals surface area contributed by atoms with E-state index in [4.69, 9.17) is 4.42 Å². The van der Waals surface area contributed by atoms with Gasteiger partial charge in [0, 0.05) is 24.2 Å². The van der Waals surface area contributed by atoms with E-state index in [-0.39, 0.29) is 5.88 Å². The van der Waals surface area contributed by atoms with Gasteiger partial charge in [-0.15, -0.1) is 0 Å². The Hall–Kier alpha value is -3.34. The molecule has 1 aromatic heterocycles. The minimum Gasteiger partial charge on any atom is -0.440 e. The Bertz CT molecular complexity index is 883. The Balaban J connectivity index is 1.85. The van der Waals surface area contributed by atoms with E-state index in [2.05, 4.69) is 5.32 Å². The second kappa shape index (κ2) is 7.05. The zero-order chi connectivity index (χ0) is 17.8. The monoisotopic (exact) mass is 334 g/mol. The summed E-state index contributed by atoms with van der Waals surface area (Å²) in [7, 11) is 0. The van der Waals surface area contributed by atoms with Gasteiger partial charge in [-0.25, -0.2) is 9.69 Å². The van der Waals surface area contributed by atoms with Gasteiger partial charge in [0.25, 0.3) is 0 Å². The number of carbonyl (C=O) groups excluding carboxylic acids is 2. The van der Waals surface area contributed by atoms with Gasteiger partial charge in [-0.3, -0.25) is 4.79 Å². The summed E-state index contributed by atoms with van der Waals surface area (Å²) >= 11 is 0. The first-order chi connectivity index (χ1) is 12.0. The summed E-state index contributed by atoms with van der Waals surface area (Å²) in [6, 6.07) is 19.5. The number of carbonyl (C=O) groups is 2. The maximum atomic E-state index is 12.5. The van der Waals surface area contributed by atoms with E-state index in [0.29, 0.717) is 11.4 Å². The molecule has 1 heterocycles. The molecule has 5 heteroatoms. The van der Waals surface area contributed by atoms with Crippen LogP contribution in [0.15, 0.2) is 71.1 Å². The Labute approximate surface area is 145 Å². The van der Waals surface area contributed by atoms with Gasteiger partial charge in [0.2, 0.25) is 11.8 Å². The van der Waals surface area contributed by atoms with Crippen molar-refractivity contribution in [2.45, 2.75) is 13.8 Å². The standard InChI is InChI=1S/C20H18N2O3/c1-14-8-10-16(11-9-14)18-12-13-19(25-18)22(15(2)23)20(24)21-17-6-4-3-5-7-17/h3-13H,1-2H3,(H,21,24). The largest absolute Gasteiger partial charge is 0.440 e. The summed E-state index contributed by atoms with van der Waals surface area (Å²) in [6.07, 6.45) is 0. The molecule has 0 atom stereocenters. The Morgan fingerprint density at radius 3 is 2.24 bits per heavy atom. The Kier molecular flexibility index (Phi) is 4.66. The normalized spacial score (nSPS) is 10.3. The minimum absolute atomic E-state index is 0.177. The molecule has 1 N–H and O–H groups in total. The fourth-order valence-electron chi connectivity index (χ4n) is 2.42. The maximum Gasteiger partial charge on any atom is 0.335 e. The van der Waals surface area contributed by atoms with Crippen LogP contribution in [0.4, 0.5) is 16.4 Å². The average Bonchev–Trinajstić information content (AvgIpc) is 3.05. The number of para-hydroxylation sites is 1. The third-order valence-corrected chi connectivity index (χ3v) is 3.69. The van der Waals surface area contributed by atoms with E-state index in [9.17, 15) is 9.59 Å². The molecule has 5 nitrogen and oxygen atoms in total. The summed E-state index contributed by atoms with van der Waals surface area (Å²) in [4.78, 5) is 25.4. The second-order valence-electron chi connectivity index (χ2n) is 5.65. The molecule has 0 saturated heterocycles. The van der Waals surface area contributed by atoms with Gasteiger partial charge in [-0.1, -0.05) is 48.0 Å². The second-order valence-corrected chi connectivity index (χ2v) is 5.65. The predicted molar refractivity (Wildman–Crippen MR) is 97.5 cm³/mol. The highest BCUT2D eigenvalue weighted by molar-refractivity contribution is 6.17. The van der Waals surface area contributed by atoms with Crippen molar-refractivity contribution >= 4 is 23.5 Å². The van der Waals surface area contributed by atoms with Crippen molar-refractivity contribution in [1.29, 1.82) is 0 Å². The van der Waals surface area contributed by atoms with Gasteiger partial charge in [0.1, 0.15) is 5.76 Å². The number of urea groups is 1. The van der Waals surface area contributed by atoms with Crippen LogP contribution in [-0.2, 0) is 4.79 Å². The number of rotatable bonds is 3. The minimum atomic E-state index is -0.566. The fraction of sp³-hybridized carbons (Fsp3) is 0.100. The van der Waals surface area contributed by atoms with Crippen LogP contribution in [0, 0.1) is 6.92 Å². The van der Waals surface area contributed by atoms with Crippen molar-refractivity contribution < 1.29 is 14.0 Å². The van der Waals surface area contributed by atoms with Crippen LogP contribution in [0.3, 0.4) is 0 Å². The predicted octanol–water partition coefficient (Wildman–Crippen LogP) is 4.84. The van der Waals surface area contributed by atoms with Gasteiger partial charge in [0.05, 0.1) is 0 Å². The Morgan fingerprint density at radius 1 is 0.920 bits per heavy atom. The van der Waals surface area contributed by atoms with E-state index < -0.39 is 11.9 Å². The summed E-state index contributed by atoms with van der Waals surface area (Å²) in [5, 5.41) is 2.68. The number of imide groups is 1. The zero-order valence-electron chi connectivity index (χ0n) is 14.0. The first-order valence-electron chi connectivity index (χ1n) is 7.88. The molecule has 0 fully saturated rings. The highest BCUT2D eigenvalue weighted by Crippen LogP contribution is 2.28. The Morgan fingerprint density at radius 2 is 1.60 bits per heavy atom. The lowest BCUT2D eigenvalue weighted by molar-refractivity contribution is -0.115. The van der Waals surface area contributed by atoms with Crippen molar-refractivity contribution in [3.05, 3.63) is 72.3 Å². The molecule has 126 valence electrons. The number of nitrogens with one attached hydrogen (secondary N) is 1. The van der Waals surface area contributed by atoms with E-state index in [1.54, 1.807) is 36.4 Å². The summed E-state index contributed by atoms with van der Waals surface area (Å²) < 4.78 is 5.74. The van der Waals surface area contributed by atoms with Crippen molar-refractivity contribution in [3.8, 4) is 11.3 Å². The first kappa shape index (κ1) is 16.5. The number of furan rings is 1. The van der Waals surface area contributed by atoms with Crippen LogP contribution in [0.25, 0.3) is 11.3 Å². The lowest BCUT2D eigenvalue weighted by Gasteiger charge is -2.17. The molecule has 25 heavy (non-hydrogen) atoms. The SMILES string of the molecule is CC(=O)N(C(=O)Nc1ccccc1)c1ccc(-c2ccc(C)cc2)o1. The molecule has 3 amide bonds. The van der Waals surface area contributed by atoms with Gasteiger partial charge in [0.15, 0.2) is 0 Å². The van der Waals surface area contributed by atoms with Gasteiger partial charge in [-0.2, -0.15) is 0 Å². The lowest BCUT2D eigenvalue weighted by atomic mass is 10.1. The highest BCUT2D eigenvalue weighted by Gasteiger charge is 2.23. The number of amides is 3.